The number of hydrogen-bond acceptors (Lipinski definition) is 4. The van der Waals surface area contributed by atoms with Gasteiger partial charge in [0.1, 0.15) is 0 Å². The maximum absolute atomic E-state index is 5.59. The SMILES string of the molecule is CCNC(c1ccc(OC)c(OC)c1OC)C(C)(C)C. The maximum Gasteiger partial charge on any atom is 0.203 e. The summed E-state index contributed by atoms with van der Waals surface area (Å²) < 4.78 is 16.4. The van der Waals surface area contributed by atoms with Crippen LogP contribution in [0.5, 0.6) is 17.2 Å². The third-order valence-electron chi connectivity index (χ3n) is 3.32. The number of nitrogens with one attached hydrogen (secondary N) is 1. The molecule has 4 nitrogen and oxygen atoms in total. The van der Waals surface area contributed by atoms with Crippen LogP contribution < -0.4 is 19.5 Å². The van der Waals surface area contributed by atoms with E-state index in [0.29, 0.717) is 11.5 Å². The van der Waals surface area contributed by atoms with Gasteiger partial charge >= 0.3 is 0 Å². The second-order valence-corrected chi connectivity index (χ2v) is 5.78. The highest BCUT2D eigenvalue weighted by molar-refractivity contribution is 5.57. The van der Waals surface area contributed by atoms with Gasteiger partial charge in [-0.15, -0.1) is 0 Å². The minimum atomic E-state index is 0.0584. The van der Waals surface area contributed by atoms with Crippen LogP contribution in [0.25, 0.3) is 0 Å². The van der Waals surface area contributed by atoms with Gasteiger partial charge in [0, 0.05) is 11.6 Å². The Morgan fingerprint density at radius 2 is 1.60 bits per heavy atom. The molecule has 0 radical (unpaired) electrons. The smallest absolute Gasteiger partial charge is 0.203 e. The van der Waals surface area contributed by atoms with Crippen molar-refractivity contribution in [2.75, 3.05) is 27.9 Å². The zero-order valence-corrected chi connectivity index (χ0v) is 13.7. The Morgan fingerprint density at radius 1 is 1.00 bits per heavy atom. The first-order chi connectivity index (χ1) is 9.40. The van der Waals surface area contributed by atoms with E-state index in [2.05, 4.69) is 33.0 Å². The van der Waals surface area contributed by atoms with Gasteiger partial charge in [0.15, 0.2) is 11.5 Å². The lowest BCUT2D eigenvalue weighted by Gasteiger charge is -2.33. The van der Waals surface area contributed by atoms with Crippen molar-refractivity contribution in [2.24, 2.45) is 5.41 Å². The first-order valence-electron chi connectivity index (χ1n) is 6.92. The lowest BCUT2D eigenvalue weighted by Crippen LogP contribution is -2.32. The third kappa shape index (κ3) is 3.37. The molecule has 0 fully saturated rings. The molecule has 0 bridgehead atoms. The predicted octanol–water partition coefficient (Wildman–Crippen LogP) is 3.41. The van der Waals surface area contributed by atoms with E-state index in [4.69, 9.17) is 14.2 Å². The van der Waals surface area contributed by atoms with E-state index in [1.165, 1.54) is 0 Å². The molecule has 0 aromatic heterocycles. The van der Waals surface area contributed by atoms with Crippen LogP contribution in [0.1, 0.15) is 39.3 Å². The van der Waals surface area contributed by atoms with Gasteiger partial charge in [-0.3, -0.25) is 0 Å². The Hall–Kier alpha value is -1.42. The highest BCUT2D eigenvalue weighted by Gasteiger charge is 2.30. The van der Waals surface area contributed by atoms with Crippen LogP contribution in [0.4, 0.5) is 0 Å². The molecule has 4 heteroatoms. The van der Waals surface area contributed by atoms with Gasteiger partial charge in [-0.05, 0) is 24.1 Å². The molecule has 0 saturated heterocycles. The van der Waals surface area contributed by atoms with E-state index < -0.39 is 0 Å². The van der Waals surface area contributed by atoms with E-state index in [1.807, 2.05) is 12.1 Å². The molecule has 114 valence electrons. The first kappa shape index (κ1) is 16.6. The van der Waals surface area contributed by atoms with E-state index in [-0.39, 0.29) is 11.5 Å². The van der Waals surface area contributed by atoms with Gasteiger partial charge in [0.2, 0.25) is 5.75 Å². The van der Waals surface area contributed by atoms with Crippen LogP contribution in [-0.2, 0) is 0 Å². The normalized spacial score (nSPS) is 12.9. The Labute approximate surface area is 122 Å². The summed E-state index contributed by atoms with van der Waals surface area (Å²) >= 11 is 0. The van der Waals surface area contributed by atoms with E-state index in [0.717, 1.165) is 17.9 Å². The first-order valence-corrected chi connectivity index (χ1v) is 6.92. The highest BCUT2D eigenvalue weighted by atomic mass is 16.5. The Kier molecular flexibility index (Phi) is 5.69. The third-order valence-corrected chi connectivity index (χ3v) is 3.32. The molecule has 20 heavy (non-hydrogen) atoms. The van der Waals surface area contributed by atoms with Crippen molar-refractivity contribution in [2.45, 2.75) is 33.7 Å². The van der Waals surface area contributed by atoms with Crippen molar-refractivity contribution in [3.05, 3.63) is 17.7 Å². The van der Waals surface area contributed by atoms with Crippen LogP contribution >= 0.6 is 0 Å². The number of benzene rings is 1. The molecule has 0 spiro atoms. The Morgan fingerprint density at radius 3 is 2.00 bits per heavy atom. The second kappa shape index (κ2) is 6.84. The Balaban J connectivity index is 3.42. The lowest BCUT2D eigenvalue weighted by atomic mass is 9.81. The zero-order valence-electron chi connectivity index (χ0n) is 13.7. The molecule has 0 heterocycles. The summed E-state index contributed by atoms with van der Waals surface area (Å²) in [5.74, 6) is 2.05. The summed E-state index contributed by atoms with van der Waals surface area (Å²) in [6.07, 6.45) is 0. The molecule has 0 aliphatic heterocycles. The fourth-order valence-corrected chi connectivity index (χ4v) is 2.44. The van der Waals surface area contributed by atoms with Crippen LogP contribution in [0.15, 0.2) is 12.1 Å². The molecule has 1 aromatic rings. The fraction of sp³-hybridized carbons (Fsp3) is 0.625. The average Bonchev–Trinajstić information content (AvgIpc) is 2.41. The second-order valence-electron chi connectivity index (χ2n) is 5.78. The molecular formula is C16H27NO3. The molecule has 1 N–H and O–H groups in total. The largest absolute Gasteiger partial charge is 0.493 e. The monoisotopic (exact) mass is 281 g/mol. The quantitative estimate of drug-likeness (QED) is 0.867. The molecule has 1 atom stereocenters. The Bertz CT molecular complexity index is 438. The summed E-state index contributed by atoms with van der Waals surface area (Å²) in [4.78, 5) is 0. The molecule has 0 aliphatic rings. The summed E-state index contributed by atoms with van der Waals surface area (Å²) in [7, 11) is 4.92. The van der Waals surface area contributed by atoms with Crippen LogP contribution in [0.2, 0.25) is 0 Å². The van der Waals surface area contributed by atoms with Crippen LogP contribution in [0, 0.1) is 5.41 Å². The highest BCUT2D eigenvalue weighted by Crippen LogP contribution is 2.45. The van der Waals surface area contributed by atoms with Crippen molar-refractivity contribution < 1.29 is 14.2 Å². The van der Waals surface area contributed by atoms with E-state index in [1.54, 1.807) is 21.3 Å². The minimum absolute atomic E-state index is 0.0584. The van der Waals surface area contributed by atoms with Gasteiger partial charge in [-0.1, -0.05) is 27.7 Å². The maximum atomic E-state index is 5.59. The van der Waals surface area contributed by atoms with Crippen LogP contribution in [0.3, 0.4) is 0 Å². The molecule has 1 unspecified atom stereocenters. The van der Waals surface area contributed by atoms with Gasteiger partial charge in [0.25, 0.3) is 0 Å². The van der Waals surface area contributed by atoms with E-state index >= 15 is 0 Å². The summed E-state index contributed by atoms with van der Waals surface area (Å²) in [5, 5.41) is 3.53. The van der Waals surface area contributed by atoms with Crippen molar-refractivity contribution >= 4 is 0 Å². The fourth-order valence-electron chi connectivity index (χ4n) is 2.44. The molecule has 0 saturated carbocycles. The topological polar surface area (TPSA) is 39.7 Å². The van der Waals surface area contributed by atoms with Gasteiger partial charge in [-0.2, -0.15) is 0 Å². The van der Waals surface area contributed by atoms with Crippen LogP contribution in [-0.4, -0.2) is 27.9 Å². The van der Waals surface area contributed by atoms with Crippen molar-refractivity contribution in [3.8, 4) is 17.2 Å². The number of methoxy groups -OCH3 is 3. The molecule has 0 aliphatic carbocycles. The van der Waals surface area contributed by atoms with Gasteiger partial charge in [-0.25, -0.2) is 0 Å². The summed E-state index contributed by atoms with van der Waals surface area (Å²) in [6.45, 7) is 9.61. The number of hydrogen-bond donors (Lipinski definition) is 1. The molecule has 1 aromatic carbocycles. The average molecular weight is 281 g/mol. The lowest BCUT2D eigenvalue weighted by molar-refractivity contribution is 0.262. The minimum Gasteiger partial charge on any atom is -0.493 e. The number of rotatable bonds is 6. The molecule has 0 amide bonds. The van der Waals surface area contributed by atoms with Gasteiger partial charge in [0.05, 0.1) is 21.3 Å². The van der Waals surface area contributed by atoms with Crippen molar-refractivity contribution in [1.82, 2.24) is 5.32 Å². The zero-order chi connectivity index (χ0) is 15.3. The molecule has 1 rings (SSSR count). The molecular weight excluding hydrogens is 254 g/mol. The predicted molar refractivity (Wildman–Crippen MR) is 82.0 cm³/mol. The van der Waals surface area contributed by atoms with Crippen molar-refractivity contribution in [1.29, 1.82) is 0 Å². The van der Waals surface area contributed by atoms with Crippen molar-refractivity contribution in [3.63, 3.8) is 0 Å². The summed E-state index contributed by atoms with van der Waals surface area (Å²) in [5.41, 5.74) is 1.14. The summed E-state index contributed by atoms with van der Waals surface area (Å²) in [6, 6.07) is 4.13. The number of ether oxygens (including phenoxy) is 3. The standard InChI is InChI=1S/C16H27NO3/c1-8-17-15(16(2,3)4)11-9-10-12(18-5)14(20-7)13(11)19-6/h9-10,15,17H,8H2,1-7H3. The van der Waals surface area contributed by atoms with E-state index in [9.17, 15) is 0 Å². The van der Waals surface area contributed by atoms with Gasteiger partial charge < -0.3 is 19.5 Å².